The molecule has 1 saturated heterocycles. The average Bonchev–Trinajstić information content (AvgIpc) is 2.66. The average molecular weight is 437 g/mol. The van der Waals surface area contributed by atoms with Gasteiger partial charge in [-0.1, -0.05) is 39.8 Å². The third kappa shape index (κ3) is 6.92. The van der Waals surface area contributed by atoms with Gasteiger partial charge in [-0.05, 0) is 42.9 Å². The largest absolute Gasteiger partial charge is 0.386 e. The third-order valence-corrected chi connectivity index (χ3v) is 5.54. The van der Waals surface area contributed by atoms with Crippen molar-refractivity contribution in [2.24, 2.45) is 0 Å². The minimum absolute atomic E-state index is 0.0530. The lowest BCUT2D eigenvalue weighted by atomic mass is 9.82. The maximum atomic E-state index is 12.0. The minimum Gasteiger partial charge on any atom is -0.386 e. The molecule has 1 heterocycles. The Hall–Kier alpha value is -2.16. The first kappa shape index (κ1) is 25.1. The molecule has 174 valence electrons. The van der Waals surface area contributed by atoms with E-state index in [0.717, 1.165) is 37.7 Å². The summed E-state index contributed by atoms with van der Waals surface area (Å²) >= 11 is 0. The van der Waals surface area contributed by atoms with Gasteiger partial charge in [0.2, 0.25) is 0 Å². The zero-order valence-electron chi connectivity index (χ0n) is 19.7. The summed E-state index contributed by atoms with van der Waals surface area (Å²) in [6.45, 7) is 15.6. The van der Waals surface area contributed by atoms with Crippen LogP contribution in [0.2, 0.25) is 0 Å². The highest BCUT2D eigenvalue weighted by Gasteiger charge is 2.31. The Morgan fingerprint density at radius 3 is 2.35 bits per heavy atom. The number of piperazine rings is 1. The van der Waals surface area contributed by atoms with Crippen LogP contribution in [0, 0.1) is 0 Å². The maximum absolute atomic E-state index is 12.0. The van der Waals surface area contributed by atoms with E-state index in [-0.39, 0.29) is 18.0 Å². The number of nitrogens with zero attached hydrogens (tertiary/aromatic N) is 2. The SMILES string of the molecule is CCC1CN(c2ccc(C(C)(C)O)cc2C(C)(C)C)CCN1CC(=O)OOOC(C)=O. The molecule has 1 aliphatic rings. The molecule has 1 N–H and O–H groups in total. The number of anilines is 1. The van der Waals surface area contributed by atoms with E-state index in [4.69, 9.17) is 0 Å². The molecule has 1 fully saturated rings. The molecule has 1 unspecified atom stereocenters. The van der Waals surface area contributed by atoms with Crippen molar-refractivity contribution in [3.63, 3.8) is 0 Å². The molecule has 8 heteroatoms. The van der Waals surface area contributed by atoms with Gasteiger partial charge in [0.15, 0.2) is 0 Å². The zero-order chi connectivity index (χ0) is 23.4. The summed E-state index contributed by atoms with van der Waals surface area (Å²) in [5, 5.41) is 14.7. The second-order valence-electron chi connectivity index (χ2n) is 9.62. The molecular weight excluding hydrogens is 400 g/mol. The van der Waals surface area contributed by atoms with Crippen LogP contribution in [0.15, 0.2) is 18.2 Å². The molecule has 0 amide bonds. The van der Waals surface area contributed by atoms with Crippen molar-refractivity contribution in [2.45, 2.75) is 71.9 Å². The van der Waals surface area contributed by atoms with E-state index in [1.807, 2.05) is 6.07 Å². The first-order valence-electron chi connectivity index (χ1n) is 10.7. The van der Waals surface area contributed by atoms with Crippen LogP contribution in [0.4, 0.5) is 5.69 Å². The molecule has 0 spiro atoms. The lowest BCUT2D eigenvalue weighted by Crippen LogP contribution is -2.54. The first-order chi connectivity index (χ1) is 14.3. The van der Waals surface area contributed by atoms with Crippen molar-refractivity contribution in [1.82, 2.24) is 4.90 Å². The van der Waals surface area contributed by atoms with Crippen LogP contribution in [0.25, 0.3) is 0 Å². The van der Waals surface area contributed by atoms with Crippen LogP contribution in [-0.4, -0.2) is 54.2 Å². The molecule has 0 saturated carbocycles. The summed E-state index contributed by atoms with van der Waals surface area (Å²) < 4.78 is 0. The normalized spacial score (nSPS) is 18.1. The quantitative estimate of drug-likeness (QED) is 0.515. The van der Waals surface area contributed by atoms with Gasteiger partial charge in [-0.2, -0.15) is 0 Å². The van der Waals surface area contributed by atoms with Gasteiger partial charge < -0.3 is 10.0 Å². The van der Waals surface area contributed by atoms with Crippen LogP contribution < -0.4 is 4.90 Å². The predicted octanol–water partition coefficient (Wildman–Crippen LogP) is 3.07. The maximum Gasteiger partial charge on any atom is 0.360 e. The molecule has 0 aliphatic carbocycles. The minimum atomic E-state index is -0.905. The van der Waals surface area contributed by atoms with Crippen molar-refractivity contribution < 1.29 is 29.5 Å². The molecule has 1 aliphatic heterocycles. The Kier molecular flexibility index (Phi) is 8.08. The molecular formula is C23H36N2O6. The van der Waals surface area contributed by atoms with E-state index in [0.29, 0.717) is 6.54 Å². The Labute approximate surface area is 184 Å². The fraction of sp³-hybridized carbons (Fsp3) is 0.652. The number of carbonyl (C=O) groups is 2. The predicted molar refractivity (Wildman–Crippen MR) is 117 cm³/mol. The Morgan fingerprint density at radius 1 is 1.13 bits per heavy atom. The van der Waals surface area contributed by atoms with Crippen LogP contribution >= 0.6 is 0 Å². The van der Waals surface area contributed by atoms with Crippen molar-refractivity contribution in [2.75, 3.05) is 31.1 Å². The first-order valence-corrected chi connectivity index (χ1v) is 10.7. The topological polar surface area (TPSA) is 88.5 Å². The summed E-state index contributed by atoms with van der Waals surface area (Å²) in [7, 11) is 0. The molecule has 8 nitrogen and oxygen atoms in total. The fourth-order valence-corrected chi connectivity index (χ4v) is 3.80. The summed E-state index contributed by atoms with van der Waals surface area (Å²) in [5.74, 6) is -1.31. The number of carbonyl (C=O) groups excluding carboxylic acids is 2. The van der Waals surface area contributed by atoms with Crippen molar-refractivity contribution in [3.05, 3.63) is 29.3 Å². The molecule has 1 aromatic rings. The lowest BCUT2D eigenvalue weighted by Gasteiger charge is -2.43. The van der Waals surface area contributed by atoms with Crippen LogP contribution in [0.3, 0.4) is 0 Å². The molecule has 1 atom stereocenters. The van der Waals surface area contributed by atoms with E-state index in [1.165, 1.54) is 5.56 Å². The number of hydrogen-bond donors (Lipinski definition) is 1. The van der Waals surface area contributed by atoms with Crippen LogP contribution in [0.5, 0.6) is 0 Å². The Bertz CT molecular complexity index is 781. The van der Waals surface area contributed by atoms with Gasteiger partial charge in [-0.25, -0.2) is 9.59 Å². The van der Waals surface area contributed by atoms with Gasteiger partial charge in [0, 0.05) is 43.3 Å². The molecule has 31 heavy (non-hydrogen) atoms. The summed E-state index contributed by atoms with van der Waals surface area (Å²) in [4.78, 5) is 35.8. The monoisotopic (exact) mass is 436 g/mol. The van der Waals surface area contributed by atoms with Crippen molar-refractivity contribution in [3.8, 4) is 0 Å². The molecule has 0 aromatic heterocycles. The van der Waals surface area contributed by atoms with Crippen LogP contribution in [-0.2, 0) is 35.4 Å². The van der Waals surface area contributed by atoms with Crippen LogP contribution in [0.1, 0.15) is 66.0 Å². The van der Waals surface area contributed by atoms with E-state index >= 15 is 0 Å². The highest BCUT2D eigenvalue weighted by molar-refractivity contribution is 5.71. The second-order valence-corrected chi connectivity index (χ2v) is 9.62. The Balaban J connectivity index is 2.15. The van der Waals surface area contributed by atoms with Crippen molar-refractivity contribution in [1.29, 1.82) is 0 Å². The highest BCUT2D eigenvalue weighted by Crippen LogP contribution is 2.36. The summed E-state index contributed by atoms with van der Waals surface area (Å²) in [6.07, 6.45) is 0.862. The standard InChI is InChI=1S/C23H36N2O6/c1-8-18-14-25(12-11-24(18)15-21(27)30-31-29-16(2)26)20-10-9-17(23(6,7)28)13-19(20)22(3,4)5/h9-10,13,18,28H,8,11-12,14-15H2,1-7H3. The van der Waals surface area contributed by atoms with E-state index in [9.17, 15) is 14.7 Å². The second kappa shape index (κ2) is 9.97. The fourth-order valence-electron chi connectivity index (χ4n) is 3.80. The zero-order valence-corrected chi connectivity index (χ0v) is 19.7. The summed E-state index contributed by atoms with van der Waals surface area (Å²) in [6, 6.07) is 6.34. The van der Waals surface area contributed by atoms with E-state index in [2.05, 4.69) is 64.4 Å². The number of aliphatic hydroxyl groups is 1. The molecule has 0 radical (unpaired) electrons. The Morgan fingerprint density at radius 2 is 1.81 bits per heavy atom. The van der Waals surface area contributed by atoms with Gasteiger partial charge >= 0.3 is 11.9 Å². The third-order valence-electron chi connectivity index (χ3n) is 5.54. The van der Waals surface area contributed by atoms with Crippen molar-refractivity contribution >= 4 is 17.6 Å². The van der Waals surface area contributed by atoms with E-state index < -0.39 is 17.5 Å². The molecule has 2 rings (SSSR count). The highest BCUT2D eigenvalue weighted by atomic mass is 17.5. The smallest absolute Gasteiger partial charge is 0.360 e. The van der Waals surface area contributed by atoms with E-state index in [1.54, 1.807) is 13.8 Å². The molecule has 1 aromatic carbocycles. The number of rotatable bonds is 7. The van der Waals surface area contributed by atoms with Gasteiger partial charge in [-0.15, -0.1) is 0 Å². The van der Waals surface area contributed by atoms with Gasteiger partial charge in [0.05, 0.1) is 5.60 Å². The number of hydrogen-bond acceptors (Lipinski definition) is 8. The summed E-state index contributed by atoms with van der Waals surface area (Å²) in [5.41, 5.74) is 2.23. The molecule has 0 bridgehead atoms. The van der Waals surface area contributed by atoms with Gasteiger partial charge in [0.1, 0.15) is 6.54 Å². The van der Waals surface area contributed by atoms with Gasteiger partial charge in [-0.3, -0.25) is 14.7 Å². The lowest BCUT2D eigenvalue weighted by molar-refractivity contribution is -0.458. The number of benzene rings is 1. The van der Waals surface area contributed by atoms with Gasteiger partial charge in [0.25, 0.3) is 0 Å².